The monoisotopic (exact) mass is 400 g/mol. The lowest BCUT2D eigenvalue weighted by molar-refractivity contribution is 0.0401. The number of hydrogen-bond donors (Lipinski definition) is 1. The van der Waals surface area contributed by atoms with Crippen LogP contribution in [0.25, 0.3) is 0 Å². The van der Waals surface area contributed by atoms with Gasteiger partial charge in [0.25, 0.3) is 0 Å². The van der Waals surface area contributed by atoms with Crippen LogP contribution in [0.1, 0.15) is 12.0 Å². The van der Waals surface area contributed by atoms with Gasteiger partial charge in [0.05, 0.1) is 7.11 Å². The maximum Gasteiger partial charge on any atom is 0.131 e. The van der Waals surface area contributed by atoms with Gasteiger partial charge in [0.2, 0.25) is 0 Å². The highest BCUT2D eigenvalue weighted by Gasteiger charge is 2.31. The van der Waals surface area contributed by atoms with Gasteiger partial charge in [0.1, 0.15) is 11.6 Å². The van der Waals surface area contributed by atoms with E-state index in [1.165, 1.54) is 29.1 Å². The standard InChI is InChI=1S/C19H29FN2O2S2/c1-24-18-3-2-15(19(20)10-18)11-21-5-6-22(12-16(21)4-7-23)17-13-25-8-9-26-14-17/h2-3,10,16-17,23H,4-9,11-14H2,1H3. The van der Waals surface area contributed by atoms with Crippen LogP contribution < -0.4 is 4.74 Å². The summed E-state index contributed by atoms with van der Waals surface area (Å²) in [7, 11) is 1.55. The molecule has 0 bridgehead atoms. The number of ether oxygens (including phenoxy) is 1. The second-order valence-electron chi connectivity index (χ2n) is 6.89. The van der Waals surface area contributed by atoms with Crippen LogP contribution in [-0.4, -0.2) is 83.4 Å². The van der Waals surface area contributed by atoms with Gasteiger partial charge in [-0.2, -0.15) is 23.5 Å². The molecule has 0 amide bonds. The van der Waals surface area contributed by atoms with E-state index in [-0.39, 0.29) is 18.5 Å². The summed E-state index contributed by atoms with van der Waals surface area (Å²) in [6.07, 6.45) is 0.737. The van der Waals surface area contributed by atoms with Gasteiger partial charge in [-0.15, -0.1) is 0 Å². The third-order valence-corrected chi connectivity index (χ3v) is 7.73. The Morgan fingerprint density at radius 2 is 2.00 bits per heavy atom. The Morgan fingerprint density at radius 1 is 1.23 bits per heavy atom. The molecule has 0 spiro atoms. The van der Waals surface area contributed by atoms with Crippen LogP contribution in [-0.2, 0) is 6.54 Å². The zero-order valence-electron chi connectivity index (χ0n) is 15.4. The predicted octanol–water partition coefficient (Wildman–Crippen LogP) is 2.55. The molecule has 1 unspecified atom stereocenters. The van der Waals surface area contributed by atoms with Crippen molar-refractivity contribution < 1.29 is 14.2 Å². The van der Waals surface area contributed by atoms with E-state index < -0.39 is 0 Å². The lowest BCUT2D eigenvalue weighted by Crippen LogP contribution is -2.56. The molecule has 7 heteroatoms. The van der Waals surface area contributed by atoms with Crippen LogP contribution in [0.3, 0.4) is 0 Å². The van der Waals surface area contributed by atoms with Crippen molar-refractivity contribution in [2.24, 2.45) is 0 Å². The van der Waals surface area contributed by atoms with Crippen LogP contribution >= 0.6 is 23.5 Å². The van der Waals surface area contributed by atoms with E-state index >= 15 is 0 Å². The second kappa shape index (κ2) is 10.2. The van der Waals surface area contributed by atoms with Crippen LogP contribution in [0.2, 0.25) is 0 Å². The molecule has 1 atom stereocenters. The summed E-state index contributed by atoms with van der Waals surface area (Å²) in [6, 6.07) is 5.97. The fourth-order valence-electron chi connectivity index (χ4n) is 3.70. The summed E-state index contributed by atoms with van der Waals surface area (Å²) in [5, 5.41) is 9.52. The Kier molecular flexibility index (Phi) is 7.93. The lowest BCUT2D eigenvalue weighted by atomic mass is 10.1. The number of rotatable bonds is 6. The first-order valence-corrected chi connectivity index (χ1v) is 11.6. The highest BCUT2D eigenvalue weighted by Crippen LogP contribution is 2.25. The number of aliphatic hydroxyl groups excluding tert-OH is 1. The van der Waals surface area contributed by atoms with Gasteiger partial charge in [0, 0.05) is 79.5 Å². The minimum Gasteiger partial charge on any atom is -0.497 e. The number of benzene rings is 1. The molecular formula is C19H29FN2O2S2. The van der Waals surface area contributed by atoms with Crippen molar-refractivity contribution in [3.8, 4) is 5.75 Å². The number of thioether (sulfide) groups is 2. The molecule has 1 N–H and O–H groups in total. The van der Waals surface area contributed by atoms with Crippen molar-refractivity contribution in [2.75, 3.05) is 56.4 Å². The SMILES string of the molecule is COc1ccc(CN2CCN(C3CSCCSC3)CC2CCO)c(F)c1. The fraction of sp³-hybridized carbons (Fsp3) is 0.684. The molecule has 0 radical (unpaired) electrons. The van der Waals surface area contributed by atoms with E-state index in [0.29, 0.717) is 23.9 Å². The van der Waals surface area contributed by atoms with Crippen molar-refractivity contribution in [3.05, 3.63) is 29.6 Å². The molecule has 3 rings (SSSR count). The molecule has 1 aromatic rings. The summed E-state index contributed by atoms with van der Waals surface area (Å²) >= 11 is 4.11. The molecular weight excluding hydrogens is 371 g/mol. The van der Waals surface area contributed by atoms with Crippen molar-refractivity contribution in [3.63, 3.8) is 0 Å². The summed E-state index contributed by atoms with van der Waals surface area (Å²) in [4.78, 5) is 4.92. The van der Waals surface area contributed by atoms with Crippen molar-refractivity contribution >= 4 is 23.5 Å². The quantitative estimate of drug-likeness (QED) is 0.791. The number of halogens is 1. The zero-order valence-corrected chi connectivity index (χ0v) is 17.0. The maximum atomic E-state index is 14.3. The smallest absolute Gasteiger partial charge is 0.131 e. The Bertz CT molecular complexity index is 570. The minimum atomic E-state index is -0.217. The molecule has 2 aliphatic rings. The summed E-state index contributed by atoms with van der Waals surface area (Å²) < 4.78 is 19.4. The minimum absolute atomic E-state index is 0.175. The van der Waals surface area contributed by atoms with Gasteiger partial charge in [0.15, 0.2) is 0 Å². The Morgan fingerprint density at radius 3 is 2.65 bits per heavy atom. The van der Waals surface area contributed by atoms with Crippen molar-refractivity contribution in [1.29, 1.82) is 0 Å². The lowest BCUT2D eigenvalue weighted by Gasteiger charge is -2.44. The van der Waals surface area contributed by atoms with E-state index in [1.54, 1.807) is 7.11 Å². The highest BCUT2D eigenvalue weighted by atomic mass is 32.2. The molecule has 1 aromatic carbocycles. The van der Waals surface area contributed by atoms with E-state index in [2.05, 4.69) is 33.3 Å². The number of piperazine rings is 1. The van der Waals surface area contributed by atoms with Crippen LogP contribution in [0.4, 0.5) is 4.39 Å². The normalized spacial score (nSPS) is 23.7. The molecule has 2 aliphatic heterocycles. The number of nitrogens with zero attached hydrogens (tertiary/aromatic N) is 2. The number of aliphatic hydroxyl groups is 1. The summed E-state index contributed by atoms with van der Waals surface area (Å²) in [5.74, 6) is 5.23. The zero-order chi connectivity index (χ0) is 18.4. The number of methoxy groups -OCH3 is 1. The van der Waals surface area contributed by atoms with Crippen LogP contribution in [0.5, 0.6) is 5.75 Å². The molecule has 2 fully saturated rings. The molecule has 26 heavy (non-hydrogen) atoms. The Balaban J connectivity index is 1.64. The fourth-order valence-corrected chi connectivity index (χ4v) is 6.32. The van der Waals surface area contributed by atoms with Gasteiger partial charge in [-0.25, -0.2) is 4.39 Å². The highest BCUT2D eigenvalue weighted by molar-refractivity contribution is 8.03. The van der Waals surface area contributed by atoms with Gasteiger partial charge in [-0.05, 0) is 12.5 Å². The van der Waals surface area contributed by atoms with Gasteiger partial charge >= 0.3 is 0 Å². The first-order chi connectivity index (χ1) is 12.7. The van der Waals surface area contributed by atoms with Crippen LogP contribution in [0, 0.1) is 5.82 Å². The van der Waals surface area contributed by atoms with E-state index in [1.807, 2.05) is 12.1 Å². The molecule has 2 saturated heterocycles. The third-order valence-electron chi connectivity index (χ3n) is 5.24. The van der Waals surface area contributed by atoms with Gasteiger partial charge < -0.3 is 9.84 Å². The molecule has 2 heterocycles. The second-order valence-corrected chi connectivity index (χ2v) is 9.19. The number of hydrogen-bond acceptors (Lipinski definition) is 6. The average molecular weight is 401 g/mol. The molecule has 0 saturated carbocycles. The topological polar surface area (TPSA) is 35.9 Å². The third kappa shape index (κ3) is 5.29. The van der Waals surface area contributed by atoms with E-state index in [0.717, 1.165) is 26.1 Å². The molecule has 0 aliphatic carbocycles. The first-order valence-electron chi connectivity index (χ1n) is 9.28. The molecule has 146 valence electrons. The van der Waals surface area contributed by atoms with E-state index in [4.69, 9.17) is 4.74 Å². The van der Waals surface area contributed by atoms with Gasteiger partial charge in [-0.1, -0.05) is 6.07 Å². The maximum absolute atomic E-state index is 14.3. The van der Waals surface area contributed by atoms with Gasteiger partial charge in [-0.3, -0.25) is 9.80 Å². The van der Waals surface area contributed by atoms with Crippen molar-refractivity contribution in [2.45, 2.75) is 25.0 Å². The summed E-state index contributed by atoms with van der Waals surface area (Å²) in [5.41, 5.74) is 0.697. The molecule has 0 aromatic heterocycles. The van der Waals surface area contributed by atoms with Crippen LogP contribution in [0.15, 0.2) is 18.2 Å². The summed E-state index contributed by atoms with van der Waals surface area (Å²) in [6.45, 7) is 3.66. The predicted molar refractivity (Wildman–Crippen MR) is 109 cm³/mol. The molecule has 4 nitrogen and oxygen atoms in total. The first kappa shape index (κ1) is 20.3. The Hall–Kier alpha value is -0.470. The van der Waals surface area contributed by atoms with Crippen molar-refractivity contribution in [1.82, 2.24) is 9.80 Å². The largest absolute Gasteiger partial charge is 0.497 e. The average Bonchev–Trinajstić information content (AvgIpc) is 2.94. The Labute approximate surface area is 164 Å². The van der Waals surface area contributed by atoms with E-state index in [9.17, 15) is 9.50 Å².